The third-order valence-electron chi connectivity index (χ3n) is 2.62. The fraction of sp³-hybridized carbons (Fsp3) is 0.462. The Balaban J connectivity index is 3.10. The second-order valence-corrected chi connectivity index (χ2v) is 6.33. The Labute approximate surface area is 124 Å². The number of esters is 1. The van der Waals surface area contributed by atoms with Crippen molar-refractivity contribution in [1.82, 2.24) is 9.29 Å². The van der Waals surface area contributed by atoms with Gasteiger partial charge in [0, 0.05) is 12.2 Å². The number of sulfonamides is 1. The highest BCUT2D eigenvalue weighted by Crippen LogP contribution is 2.17. The van der Waals surface area contributed by atoms with Crippen LogP contribution < -0.4 is 0 Å². The molecule has 0 saturated carbocycles. The molecule has 1 aromatic rings. The summed E-state index contributed by atoms with van der Waals surface area (Å²) in [7, 11) is -3.88. The van der Waals surface area contributed by atoms with Crippen molar-refractivity contribution in [2.45, 2.75) is 31.7 Å². The van der Waals surface area contributed by atoms with E-state index < -0.39 is 22.0 Å². The van der Waals surface area contributed by atoms with Crippen LogP contribution in [-0.2, 0) is 19.6 Å². The molecule has 0 radical (unpaired) electrons. The van der Waals surface area contributed by atoms with E-state index in [2.05, 4.69) is 4.98 Å². The Morgan fingerprint density at radius 3 is 2.57 bits per heavy atom. The van der Waals surface area contributed by atoms with Crippen LogP contribution in [0.5, 0.6) is 0 Å². The van der Waals surface area contributed by atoms with Gasteiger partial charge in [-0.2, -0.15) is 9.57 Å². The summed E-state index contributed by atoms with van der Waals surface area (Å²) in [6, 6.07) is 4.00. The fourth-order valence-electron chi connectivity index (χ4n) is 1.61. The number of nitrogens with zero attached hydrogens (tertiary/aromatic N) is 3. The molecule has 0 unspecified atom stereocenters. The van der Waals surface area contributed by atoms with Crippen LogP contribution >= 0.6 is 0 Å². The van der Waals surface area contributed by atoms with Crippen molar-refractivity contribution in [3.63, 3.8) is 0 Å². The number of hydrogen-bond donors (Lipinski definition) is 0. The normalized spacial score (nSPS) is 11.4. The molecule has 0 saturated heterocycles. The predicted molar refractivity (Wildman–Crippen MR) is 74.6 cm³/mol. The van der Waals surface area contributed by atoms with Gasteiger partial charge in [0.2, 0.25) is 10.0 Å². The van der Waals surface area contributed by atoms with Crippen LogP contribution in [0.1, 0.15) is 26.5 Å². The summed E-state index contributed by atoms with van der Waals surface area (Å²) in [6.45, 7) is 4.79. The third kappa shape index (κ3) is 4.24. The number of ether oxygens (including phenoxy) is 1. The largest absolute Gasteiger partial charge is 0.465 e. The number of aromatic nitrogens is 1. The molecule has 0 aromatic carbocycles. The van der Waals surface area contributed by atoms with E-state index in [0.29, 0.717) is 0 Å². The molecule has 0 aliphatic heterocycles. The Bertz CT molecular complexity index is 632. The van der Waals surface area contributed by atoms with Crippen molar-refractivity contribution in [3.05, 3.63) is 24.0 Å². The molecular weight excluding hydrogens is 294 g/mol. The minimum Gasteiger partial charge on any atom is -0.465 e. The van der Waals surface area contributed by atoms with Gasteiger partial charge in [0.15, 0.2) is 0 Å². The first-order valence-corrected chi connectivity index (χ1v) is 7.80. The number of carbonyl (C=O) groups is 1. The van der Waals surface area contributed by atoms with E-state index in [-0.39, 0.29) is 23.7 Å². The maximum Gasteiger partial charge on any atom is 0.321 e. The highest BCUT2D eigenvalue weighted by atomic mass is 32.2. The summed E-state index contributed by atoms with van der Waals surface area (Å²) < 4.78 is 30.8. The lowest BCUT2D eigenvalue weighted by Crippen LogP contribution is -2.41. The average Bonchev–Trinajstić information content (AvgIpc) is 2.44. The molecule has 7 nitrogen and oxygen atoms in total. The third-order valence-corrected chi connectivity index (χ3v) is 4.63. The molecule has 0 bridgehead atoms. The van der Waals surface area contributed by atoms with Gasteiger partial charge in [0.05, 0.1) is 6.61 Å². The summed E-state index contributed by atoms with van der Waals surface area (Å²) in [6.07, 6.45) is 1.11. The molecule has 1 heterocycles. The molecule has 0 N–H and O–H groups in total. The Kier molecular flexibility index (Phi) is 5.81. The summed E-state index contributed by atoms with van der Waals surface area (Å²) >= 11 is 0. The monoisotopic (exact) mass is 311 g/mol. The predicted octanol–water partition coefficient (Wildman–Crippen LogP) is 0.915. The zero-order valence-corrected chi connectivity index (χ0v) is 12.9. The minimum atomic E-state index is -3.88. The fourth-order valence-corrected chi connectivity index (χ4v) is 3.14. The first kappa shape index (κ1) is 17.1. The van der Waals surface area contributed by atoms with Gasteiger partial charge in [0.1, 0.15) is 23.2 Å². The number of rotatable bonds is 6. The van der Waals surface area contributed by atoms with Crippen LogP contribution in [-0.4, -0.2) is 42.9 Å². The van der Waals surface area contributed by atoms with Gasteiger partial charge in [0.25, 0.3) is 0 Å². The van der Waals surface area contributed by atoms with Gasteiger partial charge < -0.3 is 4.74 Å². The van der Waals surface area contributed by atoms with Gasteiger partial charge >= 0.3 is 5.97 Å². The van der Waals surface area contributed by atoms with E-state index in [1.165, 1.54) is 12.1 Å². The maximum absolute atomic E-state index is 12.5. The molecule has 114 valence electrons. The van der Waals surface area contributed by atoms with Crippen molar-refractivity contribution >= 4 is 16.0 Å². The summed E-state index contributed by atoms with van der Waals surface area (Å²) in [5.74, 6) is -0.614. The van der Waals surface area contributed by atoms with E-state index in [0.717, 1.165) is 10.5 Å². The number of carbonyl (C=O) groups excluding carboxylic acids is 1. The topological polar surface area (TPSA) is 100 Å². The van der Waals surface area contributed by atoms with Gasteiger partial charge in [-0.25, -0.2) is 13.4 Å². The first-order valence-electron chi connectivity index (χ1n) is 6.36. The minimum absolute atomic E-state index is 0.0699. The Morgan fingerprint density at radius 2 is 2.14 bits per heavy atom. The second-order valence-electron chi connectivity index (χ2n) is 4.44. The molecule has 0 atom stereocenters. The van der Waals surface area contributed by atoms with Crippen molar-refractivity contribution in [2.24, 2.45) is 0 Å². The van der Waals surface area contributed by atoms with Gasteiger partial charge in [-0.05, 0) is 32.9 Å². The average molecular weight is 311 g/mol. The van der Waals surface area contributed by atoms with E-state index in [9.17, 15) is 13.2 Å². The van der Waals surface area contributed by atoms with E-state index in [1.807, 2.05) is 6.07 Å². The molecule has 0 fully saturated rings. The molecule has 0 aliphatic carbocycles. The molecule has 0 aliphatic rings. The second kappa shape index (κ2) is 7.15. The van der Waals surface area contributed by atoms with E-state index >= 15 is 0 Å². The van der Waals surface area contributed by atoms with Crippen LogP contribution in [0.3, 0.4) is 0 Å². The number of hydrogen-bond acceptors (Lipinski definition) is 6. The van der Waals surface area contributed by atoms with Crippen molar-refractivity contribution in [1.29, 1.82) is 5.26 Å². The maximum atomic E-state index is 12.5. The van der Waals surface area contributed by atoms with Gasteiger partial charge in [-0.15, -0.1) is 0 Å². The molecule has 1 aromatic heterocycles. The standard InChI is InChI=1S/C13H17N3O4S/c1-4-20-13(17)9-16(10(2)3)21(18,19)12-6-5-11(7-14)15-8-12/h5-6,8,10H,4,9H2,1-3H3. The molecular formula is C13H17N3O4S. The Hall–Kier alpha value is -1.98. The number of nitriles is 1. The SMILES string of the molecule is CCOC(=O)CN(C(C)C)S(=O)(=O)c1ccc(C#N)nc1. The molecule has 21 heavy (non-hydrogen) atoms. The van der Waals surface area contributed by atoms with Crippen molar-refractivity contribution < 1.29 is 17.9 Å². The molecule has 8 heteroatoms. The lowest BCUT2D eigenvalue weighted by molar-refractivity contribution is -0.143. The van der Waals surface area contributed by atoms with Crippen LogP contribution in [0.2, 0.25) is 0 Å². The van der Waals surface area contributed by atoms with E-state index in [4.69, 9.17) is 10.00 Å². The van der Waals surface area contributed by atoms with Crippen molar-refractivity contribution in [3.8, 4) is 6.07 Å². The summed E-state index contributed by atoms with van der Waals surface area (Å²) in [4.78, 5) is 15.2. The first-order chi connectivity index (χ1) is 9.82. The highest BCUT2D eigenvalue weighted by molar-refractivity contribution is 7.89. The molecule has 0 amide bonds. The zero-order chi connectivity index (χ0) is 16.0. The zero-order valence-electron chi connectivity index (χ0n) is 12.1. The van der Waals surface area contributed by atoms with Crippen LogP contribution in [0.25, 0.3) is 0 Å². The lowest BCUT2D eigenvalue weighted by atomic mass is 10.4. The smallest absolute Gasteiger partial charge is 0.321 e. The molecule has 1 rings (SSSR count). The molecule has 0 spiro atoms. The summed E-state index contributed by atoms with van der Waals surface area (Å²) in [5, 5.41) is 8.67. The van der Waals surface area contributed by atoms with Crippen LogP contribution in [0, 0.1) is 11.3 Å². The van der Waals surface area contributed by atoms with Gasteiger partial charge in [-0.3, -0.25) is 4.79 Å². The highest BCUT2D eigenvalue weighted by Gasteiger charge is 2.29. The quantitative estimate of drug-likeness (QED) is 0.724. The van der Waals surface area contributed by atoms with Crippen LogP contribution in [0.4, 0.5) is 0 Å². The number of pyridine rings is 1. The van der Waals surface area contributed by atoms with Gasteiger partial charge in [-0.1, -0.05) is 0 Å². The summed E-state index contributed by atoms with van der Waals surface area (Å²) in [5.41, 5.74) is 0.121. The van der Waals surface area contributed by atoms with E-state index in [1.54, 1.807) is 20.8 Å². The van der Waals surface area contributed by atoms with Crippen molar-refractivity contribution in [2.75, 3.05) is 13.2 Å². The van der Waals surface area contributed by atoms with Crippen LogP contribution in [0.15, 0.2) is 23.2 Å². The Morgan fingerprint density at radius 1 is 1.48 bits per heavy atom. The lowest BCUT2D eigenvalue weighted by Gasteiger charge is -2.24.